The number of carbonyl (C=O) groups is 2. The summed E-state index contributed by atoms with van der Waals surface area (Å²) < 4.78 is 41.7. The molecule has 0 aliphatic carbocycles. The van der Waals surface area contributed by atoms with E-state index in [1.165, 1.54) is 23.1 Å². The van der Waals surface area contributed by atoms with E-state index in [9.17, 15) is 22.4 Å². The topological polar surface area (TPSA) is 86.8 Å². The molecular formula is C29H33BrFN3O4S. The Balaban J connectivity index is 2.07. The molecule has 3 aromatic rings. The van der Waals surface area contributed by atoms with Crippen LogP contribution in [0.5, 0.6) is 0 Å². The molecule has 0 heterocycles. The van der Waals surface area contributed by atoms with Gasteiger partial charge < -0.3 is 10.2 Å². The van der Waals surface area contributed by atoms with E-state index in [0.29, 0.717) is 6.42 Å². The molecule has 1 N–H and O–H groups in total. The number of amides is 2. The van der Waals surface area contributed by atoms with Gasteiger partial charge in [0.05, 0.1) is 11.9 Å². The number of hydrogen-bond donors (Lipinski definition) is 1. The van der Waals surface area contributed by atoms with Crippen LogP contribution < -0.4 is 9.62 Å². The van der Waals surface area contributed by atoms with E-state index in [4.69, 9.17) is 0 Å². The largest absolute Gasteiger partial charge is 0.352 e. The number of halogens is 2. The van der Waals surface area contributed by atoms with Crippen LogP contribution in [0.1, 0.15) is 31.4 Å². The first-order valence-electron chi connectivity index (χ1n) is 12.6. The maximum Gasteiger partial charge on any atom is 0.244 e. The third-order valence-corrected chi connectivity index (χ3v) is 7.93. The lowest BCUT2D eigenvalue weighted by molar-refractivity contribution is -0.140. The molecule has 0 aliphatic heterocycles. The van der Waals surface area contributed by atoms with E-state index in [-0.39, 0.29) is 30.6 Å². The van der Waals surface area contributed by atoms with Crippen molar-refractivity contribution in [3.05, 3.63) is 100 Å². The Morgan fingerprint density at radius 1 is 0.974 bits per heavy atom. The van der Waals surface area contributed by atoms with Crippen LogP contribution in [0.2, 0.25) is 0 Å². The Bertz CT molecular complexity index is 1390. The molecule has 7 nitrogen and oxygen atoms in total. The molecule has 0 aromatic heterocycles. The third kappa shape index (κ3) is 8.63. The van der Waals surface area contributed by atoms with Crippen LogP contribution in [0.4, 0.5) is 10.1 Å². The van der Waals surface area contributed by atoms with E-state index in [2.05, 4.69) is 21.2 Å². The number of rotatable bonds is 12. The zero-order valence-corrected chi connectivity index (χ0v) is 24.6. The van der Waals surface area contributed by atoms with Crippen LogP contribution in [-0.4, -0.2) is 50.0 Å². The van der Waals surface area contributed by atoms with E-state index in [1.807, 2.05) is 68.4 Å². The number of anilines is 1. The molecule has 0 spiro atoms. The predicted molar refractivity (Wildman–Crippen MR) is 155 cm³/mol. The van der Waals surface area contributed by atoms with Gasteiger partial charge in [-0.1, -0.05) is 77.5 Å². The van der Waals surface area contributed by atoms with Gasteiger partial charge in [-0.25, -0.2) is 12.8 Å². The van der Waals surface area contributed by atoms with Crippen molar-refractivity contribution < 1.29 is 22.4 Å². The van der Waals surface area contributed by atoms with Gasteiger partial charge in [0, 0.05) is 23.5 Å². The normalized spacial score (nSPS) is 12.8. The maximum atomic E-state index is 14.7. The van der Waals surface area contributed by atoms with Gasteiger partial charge in [-0.3, -0.25) is 13.9 Å². The number of nitrogens with one attached hydrogen (secondary N) is 1. The monoisotopic (exact) mass is 617 g/mol. The lowest BCUT2D eigenvalue weighted by Crippen LogP contribution is -2.54. The Morgan fingerprint density at radius 3 is 2.23 bits per heavy atom. The molecule has 0 unspecified atom stereocenters. The standard InChI is InChI=1S/C29H33BrFN3O4S/c1-4-21(2)32-29(36)27(18-22-11-6-5-7-12-22)33(19-23-13-10-14-24(30)17-23)28(35)20-34(39(3,37)38)26-16-9-8-15-25(26)31/h5-17,21,27H,4,18-20H2,1-3H3,(H,32,36)/t21-,27+/m0/s1. The van der Waals surface area contributed by atoms with Crippen molar-refractivity contribution in [1.82, 2.24) is 10.2 Å². The Kier molecular flexibility index (Phi) is 10.7. The van der Waals surface area contributed by atoms with Crippen molar-refractivity contribution in [2.75, 3.05) is 17.1 Å². The molecule has 0 saturated heterocycles. The number of sulfonamides is 1. The summed E-state index contributed by atoms with van der Waals surface area (Å²) >= 11 is 3.44. The lowest BCUT2D eigenvalue weighted by atomic mass is 10.0. The second-order valence-electron chi connectivity index (χ2n) is 9.40. The second-order valence-corrected chi connectivity index (χ2v) is 12.2. The highest BCUT2D eigenvalue weighted by Crippen LogP contribution is 2.23. The molecule has 0 radical (unpaired) electrons. The maximum absolute atomic E-state index is 14.7. The molecule has 0 saturated carbocycles. The fraction of sp³-hybridized carbons (Fsp3) is 0.310. The smallest absolute Gasteiger partial charge is 0.244 e. The Labute approximate surface area is 238 Å². The van der Waals surface area contributed by atoms with Crippen molar-refractivity contribution in [3.8, 4) is 0 Å². The third-order valence-electron chi connectivity index (χ3n) is 6.31. The van der Waals surface area contributed by atoms with E-state index >= 15 is 0 Å². The Hall–Kier alpha value is -3.24. The van der Waals surface area contributed by atoms with Crippen LogP contribution >= 0.6 is 15.9 Å². The van der Waals surface area contributed by atoms with Crippen LogP contribution in [0.3, 0.4) is 0 Å². The predicted octanol–water partition coefficient (Wildman–Crippen LogP) is 4.91. The highest BCUT2D eigenvalue weighted by Gasteiger charge is 2.34. The molecule has 208 valence electrons. The summed E-state index contributed by atoms with van der Waals surface area (Å²) in [5.74, 6) is -1.76. The minimum Gasteiger partial charge on any atom is -0.352 e. The molecule has 39 heavy (non-hydrogen) atoms. The van der Waals surface area contributed by atoms with Gasteiger partial charge in [-0.2, -0.15) is 0 Å². The SMILES string of the molecule is CC[C@H](C)NC(=O)[C@@H](Cc1ccccc1)N(Cc1cccc(Br)c1)C(=O)CN(c1ccccc1F)S(C)(=O)=O. The highest BCUT2D eigenvalue weighted by atomic mass is 79.9. The van der Waals surface area contributed by atoms with Crippen LogP contribution in [0.15, 0.2) is 83.3 Å². The van der Waals surface area contributed by atoms with Crippen molar-refractivity contribution in [2.45, 2.75) is 45.3 Å². The molecule has 0 aliphatic rings. The first-order valence-corrected chi connectivity index (χ1v) is 15.2. The molecular weight excluding hydrogens is 585 g/mol. The number of nitrogens with zero attached hydrogens (tertiary/aromatic N) is 2. The zero-order chi connectivity index (χ0) is 28.6. The number of para-hydroxylation sites is 1. The van der Waals surface area contributed by atoms with Gasteiger partial charge >= 0.3 is 0 Å². The average molecular weight is 619 g/mol. The zero-order valence-electron chi connectivity index (χ0n) is 22.2. The van der Waals surface area contributed by atoms with Crippen molar-refractivity contribution in [2.24, 2.45) is 0 Å². The van der Waals surface area contributed by atoms with Crippen molar-refractivity contribution >= 4 is 43.5 Å². The molecule has 3 aromatic carbocycles. The summed E-state index contributed by atoms with van der Waals surface area (Å²) in [4.78, 5) is 29.0. The van der Waals surface area contributed by atoms with Crippen molar-refractivity contribution in [3.63, 3.8) is 0 Å². The number of hydrogen-bond acceptors (Lipinski definition) is 4. The fourth-order valence-electron chi connectivity index (χ4n) is 4.08. The van der Waals surface area contributed by atoms with Gasteiger partial charge in [0.25, 0.3) is 0 Å². The molecule has 2 amide bonds. The van der Waals surface area contributed by atoms with E-state index in [1.54, 1.807) is 0 Å². The van der Waals surface area contributed by atoms with Crippen LogP contribution in [-0.2, 0) is 32.6 Å². The first kappa shape index (κ1) is 30.3. The summed E-state index contributed by atoms with van der Waals surface area (Å²) in [6.07, 6.45) is 1.82. The summed E-state index contributed by atoms with van der Waals surface area (Å²) in [6.45, 7) is 3.19. The molecule has 0 bridgehead atoms. The van der Waals surface area contributed by atoms with Gasteiger partial charge in [0.2, 0.25) is 21.8 Å². The number of benzene rings is 3. The minimum atomic E-state index is -4.04. The first-order chi connectivity index (χ1) is 18.5. The summed E-state index contributed by atoms with van der Waals surface area (Å²) in [5, 5.41) is 2.97. The van der Waals surface area contributed by atoms with Gasteiger partial charge in [-0.15, -0.1) is 0 Å². The summed E-state index contributed by atoms with van der Waals surface area (Å²) in [6, 6.07) is 20.9. The average Bonchev–Trinajstić information content (AvgIpc) is 2.89. The quantitative estimate of drug-likeness (QED) is 0.313. The van der Waals surface area contributed by atoms with E-state index < -0.39 is 34.3 Å². The van der Waals surface area contributed by atoms with Gasteiger partial charge in [0.1, 0.15) is 18.4 Å². The second kappa shape index (κ2) is 13.7. The van der Waals surface area contributed by atoms with Crippen molar-refractivity contribution in [1.29, 1.82) is 0 Å². The van der Waals surface area contributed by atoms with Gasteiger partial charge in [-0.05, 0) is 48.7 Å². The number of carbonyl (C=O) groups excluding carboxylic acids is 2. The fourth-order valence-corrected chi connectivity index (χ4v) is 5.37. The minimum absolute atomic E-state index is 0.0403. The lowest BCUT2D eigenvalue weighted by Gasteiger charge is -2.34. The molecule has 10 heteroatoms. The molecule has 3 rings (SSSR count). The van der Waals surface area contributed by atoms with Crippen LogP contribution in [0.25, 0.3) is 0 Å². The van der Waals surface area contributed by atoms with Gasteiger partial charge in [0.15, 0.2) is 0 Å². The molecule has 2 atom stereocenters. The Morgan fingerprint density at radius 2 is 1.62 bits per heavy atom. The summed E-state index contributed by atoms with van der Waals surface area (Å²) in [7, 11) is -4.04. The van der Waals surface area contributed by atoms with Crippen LogP contribution in [0, 0.1) is 5.82 Å². The highest BCUT2D eigenvalue weighted by molar-refractivity contribution is 9.10. The molecule has 0 fully saturated rings. The van der Waals surface area contributed by atoms with E-state index in [0.717, 1.165) is 32.2 Å². The summed E-state index contributed by atoms with van der Waals surface area (Å²) in [5.41, 5.74) is 1.34.